The number of ether oxygens (including phenoxy) is 1. The predicted octanol–water partition coefficient (Wildman–Crippen LogP) is 4.27. The van der Waals surface area contributed by atoms with Gasteiger partial charge in [-0.3, -0.25) is 4.79 Å². The normalized spacial score (nSPS) is 11.8. The number of carbonyl (C=O) groups excluding carboxylic acids is 1. The fraction of sp³-hybridized carbons (Fsp3) is 0.278. The van der Waals surface area contributed by atoms with Crippen LogP contribution in [0.25, 0.3) is 0 Å². The lowest BCUT2D eigenvalue weighted by molar-refractivity contribution is -0.121. The van der Waals surface area contributed by atoms with Crippen LogP contribution in [0.5, 0.6) is 5.75 Å². The molecule has 0 aromatic heterocycles. The number of rotatable bonds is 6. The van der Waals surface area contributed by atoms with Crippen molar-refractivity contribution in [2.75, 3.05) is 7.11 Å². The van der Waals surface area contributed by atoms with Crippen LogP contribution < -0.4 is 10.1 Å². The zero-order valence-corrected chi connectivity index (χ0v) is 14.4. The van der Waals surface area contributed by atoms with Gasteiger partial charge in [-0.05, 0) is 41.8 Å². The Kier molecular flexibility index (Phi) is 6.01. The van der Waals surface area contributed by atoms with Crippen molar-refractivity contribution in [1.82, 2.24) is 5.32 Å². The standard InChI is InChI=1S/C18H20BrNO2/c1-3-17(14-7-9-16(22-2)10-8-14)20-18(21)12-13-5-4-6-15(19)11-13/h4-11,17H,3,12H2,1-2H3,(H,20,21)/t17-/m1/s1. The van der Waals surface area contributed by atoms with Gasteiger partial charge >= 0.3 is 0 Å². The molecule has 2 rings (SSSR count). The molecule has 0 saturated heterocycles. The molecule has 4 heteroatoms. The molecule has 0 heterocycles. The monoisotopic (exact) mass is 361 g/mol. The van der Waals surface area contributed by atoms with Crippen molar-refractivity contribution in [2.45, 2.75) is 25.8 Å². The summed E-state index contributed by atoms with van der Waals surface area (Å²) in [6.07, 6.45) is 1.22. The SMILES string of the molecule is CC[C@@H](NC(=O)Cc1cccc(Br)c1)c1ccc(OC)cc1. The zero-order chi connectivity index (χ0) is 15.9. The molecule has 1 amide bonds. The molecule has 2 aromatic carbocycles. The fourth-order valence-corrected chi connectivity index (χ4v) is 2.78. The van der Waals surface area contributed by atoms with Gasteiger partial charge in [0, 0.05) is 4.47 Å². The third kappa shape index (κ3) is 4.60. The van der Waals surface area contributed by atoms with Crippen LogP contribution in [-0.2, 0) is 11.2 Å². The lowest BCUT2D eigenvalue weighted by Crippen LogP contribution is -2.29. The Hall–Kier alpha value is -1.81. The molecule has 0 bridgehead atoms. The second kappa shape index (κ2) is 7.99. The maximum atomic E-state index is 12.2. The minimum Gasteiger partial charge on any atom is -0.497 e. The van der Waals surface area contributed by atoms with Gasteiger partial charge in [-0.25, -0.2) is 0 Å². The summed E-state index contributed by atoms with van der Waals surface area (Å²) in [7, 11) is 1.64. The van der Waals surface area contributed by atoms with Crippen molar-refractivity contribution < 1.29 is 9.53 Å². The van der Waals surface area contributed by atoms with Gasteiger partial charge in [0.25, 0.3) is 0 Å². The highest BCUT2D eigenvalue weighted by atomic mass is 79.9. The Labute approximate surface area is 139 Å². The first-order valence-electron chi connectivity index (χ1n) is 7.30. The average Bonchev–Trinajstić information content (AvgIpc) is 2.53. The van der Waals surface area contributed by atoms with E-state index in [-0.39, 0.29) is 11.9 Å². The highest BCUT2D eigenvalue weighted by Gasteiger charge is 2.13. The number of hydrogen-bond acceptors (Lipinski definition) is 2. The molecule has 0 aliphatic rings. The molecule has 0 saturated carbocycles. The number of carbonyl (C=O) groups is 1. The van der Waals surface area contributed by atoms with Crippen LogP contribution in [0.2, 0.25) is 0 Å². The molecule has 22 heavy (non-hydrogen) atoms. The van der Waals surface area contributed by atoms with E-state index in [1.807, 2.05) is 48.5 Å². The minimum absolute atomic E-state index is 0.0190. The summed E-state index contributed by atoms with van der Waals surface area (Å²) >= 11 is 3.42. The van der Waals surface area contributed by atoms with Crippen LogP contribution >= 0.6 is 15.9 Å². The van der Waals surface area contributed by atoms with Gasteiger partial charge in [0.15, 0.2) is 0 Å². The first-order valence-corrected chi connectivity index (χ1v) is 8.09. The molecule has 116 valence electrons. The van der Waals surface area contributed by atoms with Gasteiger partial charge < -0.3 is 10.1 Å². The molecular weight excluding hydrogens is 342 g/mol. The maximum Gasteiger partial charge on any atom is 0.224 e. The molecule has 0 unspecified atom stereocenters. The van der Waals surface area contributed by atoms with Gasteiger partial charge in [-0.2, -0.15) is 0 Å². The van der Waals surface area contributed by atoms with E-state index in [0.29, 0.717) is 6.42 Å². The number of nitrogens with one attached hydrogen (secondary N) is 1. The fourth-order valence-electron chi connectivity index (χ4n) is 2.33. The topological polar surface area (TPSA) is 38.3 Å². The summed E-state index contributed by atoms with van der Waals surface area (Å²) in [4.78, 5) is 12.2. The van der Waals surface area contributed by atoms with Gasteiger partial charge in [-0.1, -0.05) is 47.1 Å². The van der Waals surface area contributed by atoms with E-state index in [9.17, 15) is 4.79 Å². The van der Waals surface area contributed by atoms with Crippen LogP contribution in [0, 0.1) is 0 Å². The molecule has 3 nitrogen and oxygen atoms in total. The van der Waals surface area contributed by atoms with Crippen LogP contribution in [0.3, 0.4) is 0 Å². The van der Waals surface area contributed by atoms with Crippen LogP contribution in [-0.4, -0.2) is 13.0 Å². The largest absolute Gasteiger partial charge is 0.497 e. The van der Waals surface area contributed by atoms with E-state index >= 15 is 0 Å². The number of halogens is 1. The molecule has 1 N–H and O–H groups in total. The minimum atomic E-state index is 0.0190. The molecule has 0 fully saturated rings. The van der Waals surface area contributed by atoms with E-state index in [2.05, 4.69) is 28.2 Å². The van der Waals surface area contributed by atoms with Crippen molar-refractivity contribution >= 4 is 21.8 Å². The average molecular weight is 362 g/mol. The van der Waals surface area contributed by atoms with Gasteiger partial charge in [0.05, 0.1) is 19.6 Å². The van der Waals surface area contributed by atoms with E-state index in [1.165, 1.54) is 0 Å². The Morgan fingerprint density at radius 1 is 1.23 bits per heavy atom. The first-order chi connectivity index (χ1) is 10.6. The van der Waals surface area contributed by atoms with Crippen molar-refractivity contribution in [3.05, 3.63) is 64.1 Å². The second-order valence-electron chi connectivity index (χ2n) is 5.11. The Bertz CT molecular complexity index is 625. The highest BCUT2D eigenvalue weighted by Crippen LogP contribution is 2.20. The number of benzene rings is 2. The predicted molar refractivity (Wildman–Crippen MR) is 92.0 cm³/mol. The number of hydrogen-bond donors (Lipinski definition) is 1. The Morgan fingerprint density at radius 2 is 1.95 bits per heavy atom. The summed E-state index contributed by atoms with van der Waals surface area (Å²) < 4.78 is 6.15. The number of amides is 1. The number of methoxy groups -OCH3 is 1. The van der Waals surface area contributed by atoms with E-state index in [1.54, 1.807) is 7.11 Å². The maximum absolute atomic E-state index is 12.2. The van der Waals surface area contributed by atoms with E-state index < -0.39 is 0 Å². The first kappa shape index (κ1) is 16.6. The van der Waals surface area contributed by atoms with Gasteiger partial charge in [0.2, 0.25) is 5.91 Å². The molecule has 0 spiro atoms. The lowest BCUT2D eigenvalue weighted by Gasteiger charge is -2.18. The van der Waals surface area contributed by atoms with Crippen molar-refractivity contribution in [1.29, 1.82) is 0 Å². The smallest absolute Gasteiger partial charge is 0.224 e. The lowest BCUT2D eigenvalue weighted by atomic mass is 10.0. The zero-order valence-electron chi connectivity index (χ0n) is 12.8. The Morgan fingerprint density at radius 3 is 2.55 bits per heavy atom. The molecule has 0 aliphatic carbocycles. The molecule has 1 atom stereocenters. The Balaban J connectivity index is 2.01. The van der Waals surface area contributed by atoms with Crippen LogP contribution in [0.4, 0.5) is 0 Å². The molecule has 0 aliphatic heterocycles. The third-order valence-electron chi connectivity index (χ3n) is 3.52. The molecule has 0 radical (unpaired) electrons. The highest BCUT2D eigenvalue weighted by molar-refractivity contribution is 9.10. The summed E-state index contributed by atoms with van der Waals surface area (Å²) in [5.74, 6) is 0.847. The molecule has 2 aromatic rings. The summed E-state index contributed by atoms with van der Waals surface area (Å²) in [6, 6.07) is 15.6. The van der Waals surface area contributed by atoms with Crippen molar-refractivity contribution in [3.8, 4) is 5.75 Å². The second-order valence-corrected chi connectivity index (χ2v) is 6.02. The summed E-state index contributed by atoms with van der Waals surface area (Å²) in [5, 5.41) is 3.09. The van der Waals surface area contributed by atoms with Gasteiger partial charge in [-0.15, -0.1) is 0 Å². The molecular formula is C18H20BrNO2. The van der Waals surface area contributed by atoms with Crippen molar-refractivity contribution in [3.63, 3.8) is 0 Å². The van der Waals surface area contributed by atoms with E-state index in [4.69, 9.17) is 4.74 Å². The summed E-state index contributed by atoms with van der Waals surface area (Å²) in [5.41, 5.74) is 2.09. The quantitative estimate of drug-likeness (QED) is 0.834. The van der Waals surface area contributed by atoms with Gasteiger partial charge in [0.1, 0.15) is 5.75 Å². The van der Waals surface area contributed by atoms with Crippen LogP contribution in [0.15, 0.2) is 53.0 Å². The van der Waals surface area contributed by atoms with E-state index in [0.717, 1.165) is 27.8 Å². The van der Waals surface area contributed by atoms with Crippen molar-refractivity contribution in [2.24, 2.45) is 0 Å². The summed E-state index contributed by atoms with van der Waals surface area (Å²) in [6.45, 7) is 2.06. The third-order valence-corrected chi connectivity index (χ3v) is 4.01. The van der Waals surface area contributed by atoms with Crippen LogP contribution in [0.1, 0.15) is 30.5 Å².